The minimum atomic E-state index is -0.697. The Balaban J connectivity index is 0.00000196. The topological polar surface area (TPSA) is 52.0 Å². The number of hydrogen-bond donors (Lipinski definition) is 2. The Hall–Kier alpha value is -0.230. The largest absolute Gasteiger partial charge is 0.330 e. The minimum absolute atomic E-state index is 0. The van der Waals surface area contributed by atoms with Gasteiger partial charge in [0.2, 0.25) is 0 Å². The average molecular weight is 302 g/mol. The quantitative estimate of drug-likeness (QED) is 0.843. The Morgan fingerprint density at radius 1 is 1.33 bits per heavy atom. The summed E-state index contributed by atoms with van der Waals surface area (Å²) in [6.07, 6.45) is 0.351. The molecule has 0 radical (unpaired) electrons. The zero-order valence-electron chi connectivity index (χ0n) is 7.84. The SMILES string of the molecule is Cl.NCC[C@@H](N)c1c(F)ccc(Br)c1F. The van der Waals surface area contributed by atoms with Crippen LogP contribution in [0.25, 0.3) is 0 Å². The Morgan fingerprint density at radius 3 is 2.47 bits per heavy atom. The van der Waals surface area contributed by atoms with Crippen LogP contribution in [0, 0.1) is 11.6 Å². The predicted octanol–water partition coefficient (Wildman–Crippen LogP) is 2.50. The van der Waals surface area contributed by atoms with E-state index in [2.05, 4.69) is 15.9 Å². The standard InChI is InChI=1S/C9H11BrF2N2.ClH/c10-5-1-2-6(11)8(9(5)12)7(14)3-4-13;/h1-2,7H,3-4,13-14H2;1H/t7-;/m1./s1. The Kier molecular flexibility index (Phi) is 6.28. The van der Waals surface area contributed by atoms with Gasteiger partial charge in [0.1, 0.15) is 11.6 Å². The molecule has 1 rings (SSSR count). The fourth-order valence-corrected chi connectivity index (χ4v) is 1.55. The molecule has 86 valence electrons. The van der Waals surface area contributed by atoms with E-state index in [0.717, 1.165) is 0 Å². The van der Waals surface area contributed by atoms with E-state index in [-0.39, 0.29) is 22.4 Å². The van der Waals surface area contributed by atoms with Gasteiger partial charge >= 0.3 is 0 Å². The van der Waals surface area contributed by atoms with Crippen molar-refractivity contribution < 1.29 is 8.78 Å². The summed E-state index contributed by atoms with van der Waals surface area (Å²) < 4.78 is 26.9. The van der Waals surface area contributed by atoms with Gasteiger partial charge in [-0.05, 0) is 41.0 Å². The summed E-state index contributed by atoms with van der Waals surface area (Å²) in [6, 6.07) is 1.79. The lowest BCUT2D eigenvalue weighted by Gasteiger charge is -2.13. The van der Waals surface area contributed by atoms with Crippen LogP contribution >= 0.6 is 28.3 Å². The van der Waals surface area contributed by atoms with Gasteiger partial charge in [0.05, 0.1) is 4.47 Å². The molecule has 0 aliphatic heterocycles. The lowest BCUT2D eigenvalue weighted by atomic mass is 10.0. The molecule has 0 fully saturated rings. The molecule has 2 nitrogen and oxygen atoms in total. The average Bonchev–Trinajstić information content (AvgIpc) is 2.13. The fourth-order valence-electron chi connectivity index (χ4n) is 1.21. The molecule has 4 N–H and O–H groups in total. The number of rotatable bonds is 3. The lowest BCUT2D eigenvalue weighted by Crippen LogP contribution is -2.18. The highest BCUT2D eigenvalue weighted by molar-refractivity contribution is 9.10. The Labute approximate surface area is 102 Å². The van der Waals surface area contributed by atoms with Crippen LogP contribution in [0.4, 0.5) is 8.78 Å². The summed E-state index contributed by atoms with van der Waals surface area (Å²) in [5, 5.41) is 0. The van der Waals surface area contributed by atoms with Crippen molar-refractivity contribution in [3.8, 4) is 0 Å². The van der Waals surface area contributed by atoms with Crippen molar-refractivity contribution in [2.24, 2.45) is 11.5 Å². The minimum Gasteiger partial charge on any atom is -0.330 e. The fraction of sp³-hybridized carbons (Fsp3) is 0.333. The predicted molar refractivity (Wildman–Crippen MR) is 61.9 cm³/mol. The molecule has 0 aromatic heterocycles. The summed E-state index contributed by atoms with van der Waals surface area (Å²) in [7, 11) is 0. The van der Waals surface area contributed by atoms with Crippen LogP contribution in [0.2, 0.25) is 0 Å². The summed E-state index contributed by atoms with van der Waals surface area (Å²) in [5.41, 5.74) is 10.8. The lowest BCUT2D eigenvalue weighted by molar-refractivity contribution is 0.511. The van der Waals surface area contributed by atoms with E-state index in [9.17, 15) is 8.78 Å². The molecular formula is C9H12BrClF2N2. The van der Waals surface area contributed by atoms with Crippen LogP contribution in [0.15, 0.2) is 16.6 Å². The number of halogens is 4. The highest BCUT2D eigenvalue weighted by atomic mass is 79.9. The van der Waals surface area contributed by atoms with Crippen LogP contribution in [-0.4, -0.2) is 6.54 Å². The second-order valence-corrected chi connectivity index (χ2v) is 3.80. The van der Waals surface area contributed by atoms with Gasteiger partial charge in [-0.25, -0.2) is 8.78 Å². The van der Waals surface area contributed by atoms with Crippen molar-refractivity contribution in [2.45, 2.75) is 12.5 Å². The van der Waals surface area contributed by atoms with E-state index in [0.29, 0.717) is 13.0 Å². The molecule has 0 unspecified atom stereocenters. The van der Waals surface area contributed by atoms with E-state index in [1.54, 1.807) is 0 Å². The van der Waals surface area contributed by atoms with Crippen molar-refractivity contribution in [1.82, 2.24) is 0 Å². The van der Waals surface area contributed by atoms with Gasteiger partial charge < -0.3 is 11.5 Å². The number of benzene rings is 1. The third-order valence-electron chi connectivity index (χ3n) is 1.93. The molecule has 15 heavy (non-hydrogen) atoms. The summed E-state index contributed by atoms with van der Waals surface area (Å²) in [4.78, 5) is 0. The second kappa shape index (κ2) is 6.37. The molecule has 0 bridgehead atoms. The monoisotopic (exact) mass is 300 g/mol. The smallest absolute Gasteiger partial charge is 0.145 e. The number of hydrogen-bond acceptors (Lipinski definition) is 2. The van der Waals surface area contributed by atoms with Crippen LogP contribution < -0.4 is 11.5 Å². The van der Waals surface area contributed by atoms with Gasteiger partial charge in [0, 0.05) is 11.6 Å². The Morgan fingerprint density at radius 2 is 1.93 bits per heavy atom. The van der Waals surface area contributed by atoms with Gasteiger partial charge in [-0.3, -0.25) is 0 Å². The third-order valence-corrected chi connectivity index (χ3v) is 2.54. The van der Waals surface area contributed by atoms with E-state index >= 15 is 0 Å². The van der Waals surface area contributed by atoms with Crippen molar-refractivity contribution >= 4 is 28.3 Å². The third kappa shape index (κ3) is 3.38. The van der Waals surface area contributed by atoms with Crippen LogP contribution in [0.5, 0.6) is 0 Å². The molecule has 0 spiro atoms. The maximum atomic E-state index is 13.4. The highest BCUT2D eigenvalue weighted by Gasteiger charge is 2.18. The van der Waals surface area contributed by atoms with Gasteiger partial charge in [0.15, 0.2) is 0 Å². The van der Waals surface area contributed by atoms with E-state index in [1.165, 1.54) is 12.1 Å². The first-order chi connectivity index (χ1) is 6.57. The molecule has 6 heteroatoms. The van der Waals surface area contributed by atoms with E-state index in [4.69, 9.17) is 11.5 Å². The van der Waals surface area contributed by atoms with Crippen molar-refractivity contribution in [2.75, 3.05) is 6.54 Å². The molecule has 1 aromatic carbocycles. The summed E-state index contributed by atoms with van der Waals surface area (Å²) >= 11 is 2.97. The van der Waals surface area contributed by atoms with Gasteiger partial charge in [0.25, 0.3) is 0 Å². The van der Waals surface area contributed by atoms with Crippen molar-refractivity contribution in [1.29, 1.82) is 0 Å². The zero-order valence-corrected chi connectivity index (χ0v) is 10.2. The molecule has 1 atom stereocenters. The summed E-state index contributed by atoms with van der Waals surface area (Å²) in [5.74, 6) is -1.28. The van der Waals surface area contributed by atoms with Crippen molar-refractivity contribution in [3.05, 3.63) is 33.8 Å². The summed E-state index contributed by atoms with van der Waals surface area (Å²) in [6.45, 7) is 0.298. The molecule has 0 saturated carbocycles. The first-order valence-electron chi connectivity index (χ1n) is 4.17. The van der Waals surface area contributed by atoms with Gasteiger partial charge in [-0.2, -0.15) is 0 Å². The maximum absolute atomic E-state index is 13.4. The normalized spacial score (nSPS) is 12.1. The van der Waals surface area contributed by atoms with Crippen LogP contribution in [-0.2, 0) is 0 Å². The van der Waals surface area contributed by atoms with E-state index in [1.807, 2.05) is 0 Å². The van der Waals surface area contributed by atoms with Gasteiger partial charge in [-0.1, -0.05) is 0 Å². The highest BCUT2D eigenvalue weighted by Crippen LogP contribution is 2.26. The Bertz CT molecular complexity index is 336. The first-order valence-corrected chi connectivity index (χ1v) is 4.96. The van der Waals surface area contributed by atoms with Gasteiger partial charge in [-0.15, -0.1) is 12.4 Å². The van der Waals surface area contributed by atoms with Crippen LogP contribution in [0.1, 0.15) is 18.0 Å². The molecule has 0 amide bonds. The first kappa shape index (κ1) is 14.8. The van der Waals surface area contributed by atoms with Crippen LogP contribution in [0.3, 0.4) is 0 Å². The zero-order chi connectivity index (χ0) is 10.7. The molecule has 0 aliphatic rings. The molecular weight excluding hydrogens is 289 g/mol. The number of nitrogens with two attached hydrogens (primary N) is 2. The molecule has 0 heterocycles. The second-order valence-electron chi connectivity index (χ2n) is 2.94. The van der Waals surface area contributed by atoms with E-state index < -0.39 is 17.7 Å². The van der Waals surface area contributed by atoms with Crippen molar-refractivity contribution in [3.63, 3.8) is 0 Å². The molecule has 0 aliphatic carbocycles. The molecule has 1 aromatic rings. The maximum Gasteiger partial charge on any atom is 0.145 e. The molecule has 0 saturated heterocycles.